The largest absolute Gasteiger partial charge is 0.351 e. The van der Waals surface area contributed by atoms with Crippen LogP contribution in [0, 0.1) is 5.41 Å². The molecule has 0 saturated carbocycles. The highest BCUT2D eigenvalue weighted by Crippen LogP contribution is 2.18. The zero-order valence-electron chi connectivity index (χ0n) is 14.1. The molecule has 0 fully saturated rings. The molecule has 132 valence electrons. The lowest BCUT2D eigenvalue weighted by Gasteiger charge is -2.25. The summed E-state index contributed by atoms with van der Waals surface area (Å²) in [7, 11) is 0. The van der Waals surface area contributed by atoms with E-state index in [4.69, 9.17) is 0 Å². The highest BCUT2D eigenvalue weighted by Gasteiger charge is 2.21. The quantitative estimate of drug-likeness (QED) is 0.661. The molecule has 2 N–H and O–H groups in total. The maximum Gasteiger partial charge on any atom is 0.252 e. The molecular weight excluding hydrogens is 448 g/mol. The van der Waals surface area contributed by atoms with Gasteiger partial charge in [0.1, 0.15) is 0 Å². The summed E-state index contributed by atoms with van der Waals surface area (Å²) >= 11 is 6.75. The number of nitrogens with one attached hydrogen (secondary N) is 2. The van der Waals surface area contributed by atoms with Gasteiger partial charge in [0.2, 0.25) is 0 Å². The van der Waals surface area contributed by atoms with Crippen LogP contribution in [0.1, 0.15) is 34.6 Å². The van der Waals surface area contributed by atoms with E-state index in [1.165, 1.54) is 0 Å². The van der Waals surface area contributed by atoms with Crippen LogP contribution in [0.3, 0.4) is 0 Å². The first kappa shape index (κ1) is 19.7. The van der Waals surface area contributed by atoms with Gasteiger partial charge in [-0.2, -0.15) is 0 Å². The van der Waals surface area contributed by atoms with Gasteiger partial charge in [-0.3, -0.25) is 9.59 Å². The van der Waals surface area contributed by atoms with Crippen molar-refractivity contribution in [3.05, 3.63) is 68.6 Å². The first-order valence-corrected chi connectivity index (χ1v) is 9.44. The maximum atomic E-state index is 12.3. The van der Waals surface area contributed by atoms with Crippen molar-refractivity contribution in [3.8, 4) is 0 Å². The van der Waals surface area contributed by atoms with Crippen LogP contribution in [0.4, 0.5) is 0 Å². The molecule has 0 atom stereocenters. The lowest BCUT2D eigenvalue weighted by molar-refractivity contribution is 0.0919. The molecule has 2 aromatic rings. The van der Waals surface area contributed by atoms with E-state index in [1.54, 1.807) is 12.1 Å². The van der Waals surface area contributed by atoms with Crippen molar-refractivity contribution in [2.75, 3.05) is 13.1 Å². The first-order valence-electron chi connectivity index (χ1n) is 7.86. The number of carbonyl (C=O) groups is 2. The summed E-state index contributed by atoms with van der Waals surface area (Å²) in [4.78, 5) is 24.6. The molecule has 0 aliphatic carbocycles. The van der Waals surface area contributed by atoms with E-state index in [9.17, 15) is 9.59 Å². The number of hydrogen-bond donors (Lipinski definition) is 2. The summed E-state index contributed by atoms with van der Waals surface area (Å²) in [5, 5.41) is 5.85. The summed E-state index contributed by atoms with van der Waals surface area (Å²) in [6.45, 7) is 4.88. The van der Waals surface area contributed by atoms with Gasteiger partial charge in [-0.1, -0.05) is 38.1 Å². The first-order chi connectivity index (χ1) is 11.8. The Hall–Kier alpha value is -1.66. The molecule has 25 heavy (non-hydrogen) atoms. The van der Waals surface area contributed by atoms with Gasteiger partial charge >= 0.3 is 0 Å². The minimum absolute atomic E-state index is 0.141. The minimum atomic E-state index is -0.284. The third kappa shape index (κ3) is 5.68. The molecule has 0 aliphatic heterocycles. The predicted molar refractivity (Wildman–Crippen MR) is 107 cm³/mol. The van der Waals surface area contributed by atoms with Crippen LogP contribution in [-0.4, -0.2) is 24.9 Å². The van der Waals surface area contributed by atoms with Crippen LogP contribution < -0.4 is 10.6 Å². The van der Waals surface area contributed by atoms with Gasteiger partial charge in [0.15, 0.2) is 0 Å². The van der Waals surface area contributed by atoms with Crippen LogP contribution in [0.5, 0.6) is 0 Å². The molecule has 0 unspecified atom stereocenters. The van der Waals surface area contributed by atoms with Crippen molar-refractivity contribution in [2.45, 2.75) is 13.8 Å². The zero-order chi connectivity index (χ0) is 18.4. The van der Waals surface area contributed by atoms with Crippen molar-refractivity contribution in [1.29, 1.82) is 0 Å². The van der Waals surface area contributed by atoms with Crippen molar-refractivity contribution in [1.82, 2.24) is 10.6 Å². The average Bonchev–Trinajstić information content (AvgIpc) is 2.59. The zero-order valence-corrected chi connectivity index (χ0v) is 17.3. The second-order valence-electron chi connectivity index (χ2n) is 6.49. The van der Waals surface area contributed by atoms with E-state index >= 15 is 0 Å². The Morgan fingerprint density at radius 2 is 1.16 bits per heavy atom. The van der Waals surface area contributed by atoms with Gasteiger partial charge in [0, 0.05) is 22.0 Å². The van der Waals surface area contributed by atoms with Crippen LogP contribution in [0.2, 0.25) is 0 Å². The van der Waals surface area contributed by atoms with Crippen LogP contribution in [0.25, 0.3) is 0 Å². The number of rotatable bonds is 6. The number of hydrogen-bond acceptors (Lipinski definition) is 2. The van der Waals surface area contributed by atoms with Crippen molar-refractivity contribution < 1.29 is 9.59 Å². The molecule has 0 spiro atoms. The molecule has 2 rings (SSSR count). The van der Waals surface area contributed by atoms with E-state index in [2.05, 4.69) is 42.5 Å². The Kier molecular flexibility index (Phi) is 6.79. The van der Waals surface area contributed by atoms with Crippen molar-refractivity contribution >= 4 is 43.7 Å². The topological polar surface area (TPSA) is 58.2 Å². The number of benzene rings is 2. The van der Waals surface area contributed by atoms with Gasteiger partial charge in [0.05, 0.1) is 11.1 Å². The minimum Gasteiger partial charge on any atom is -0.351 e. The Morgan fingerprint density at radius 1 is 0.800 bits per heavy atom. The molecule has 0 aliphatic rings. The third-order valence-electron chi connectivity index (χ3n) is 3.69. The van der Waals surface area contributed by atoms with Gasteiger partial charge in [-0.25, -0.2) is 0 Å². The standard InChI is InChI=1S/C19H20Br2N2O2/c1-19(2,11-22-17(24)13-7-3-5-9-15(13)20)12-23-18(25)14-8-4-6-10-16(14)21/h3-10H,11-12H2,1-2H3,(H,22,24)(H,23,25). The van der Waals surface area contributed by atoms with Gasteiger partial charge < -0.3 is 10.6 Å². The highest BCUT2D eigenvalue weighted by molar-refractivity contribution is 9.10. The molecule has 2 aromatic carbocycles. The Balaban J connectivity index is 1.89. The summed E-state index contributed by atoms with van der Waals surface area (Å²) in [5.74, 6) is -0.282. The molecule has 0 heterocycles. The Bertz CT molecular complexity index is 712. The molecule has 6 heteroatoms. The van der Waals surface area contributed by atoms with Gasteiger partial charge in [-0.05, 0) is 61.5 Å². The van der Waals surface area contributed by atoms with Crippen molar-refractivity contribution in [3.63, 3.8) is 0 Å². The van der Waals surface area contributed by atoms with E-state index in [0.29, 0.717) is 24.2 Å². The lowest BCUT2D eigenvalue weighted by atomic mass is 9.93. The second-order valence-corrected chi connectivity index (χ2v) is 8.20. The molecule has 0 aromatic heterocycles. The summed E-state index contributed by atoms with van der Waals surface area (Å²) in [5.41, 5.74) is 0.902. The maximum absolute atomic E-state index is 12.3. The Morgan fingerprint density at radius 3 is 1.52 bits per heavy atom. The average molecular weight is 468 g/mol. The molecule has 0 radical (unpaired) electrons. The predicted octanol–water partition coefficient (Wildman–Crippen LogP) is 4.40. The van der Waals surface area contributed by atoms with Gasteiger partial charge in [0.25, 0.3) is 11.8 Å². The number of carbonyl (C=O) groups excluding carboxylic acids is 2. The summed E-state index contributed by atoms with van der Waals surface area (Å²) in [6.07, 6.45) is 0. The van der Waals surface area contributed by atoms with Crippen molar-refractivity contribution in [2.24, 2.45) is 5.41 Å². The van der Waals surface area contributed by atoms with Gasteiger partial charge in [-0.15, -0.1) is 0 Å². The fraction of sp³-hybridized carbons (Fsp3) is 0.263. The number of amides is 2. The fourth-order valence-corrected chi connectivity index (χ4v) is 3.11. The summed E-state index contributed by atoms with van der Waals surface area (Å²) < 4.78 is 1.51. The summed E-state index contributed by atoms with van der Waals surface area (Å²) in [6, 6.07) is 14.6. The monoisotopic (exact) mass is 466 g/mol. The van der Waals surface area contributed by atoms with E-state index in [-0.39, 0.29) is 17.2 Å². The second kappa shape index (κ2) is 8.63. The third-order valence-corrected chi connectivity index (χ3v) is 5.07. The van der Waals surface area contributed by atoms with E-state index in [0.717, 1.165) is 8.95 Å². The lowest BCUT2D eigenvalue weighted by Crippen LogP contribution is -2.42. The van der Waals surface area contributed by atoms with E-state index < -0.39 is 0 Å². The molecule has 4 nitrogen and oxygen atoms in total. The Labute approximate surface area is 164 Å². The van der Waals surface area contributed by atoms with Crippen LogP contribution in [-0.2, 0) is 0 Å². The van der Waals surface area contributed by atoms with Crippen LogP contribution in [0.15, 0.2) is 57.5 Å². The molecule has 2 amide bonds. The normalized spacial score (nSPS) is 11.0. The fourth-order valence-electron chi connectivity index (χ4n) is 2.18. The highest BCUT2D eigenvalue weighted by atomic mass is 79.9. The van der Waals surface area contributed by atoms with E-state index in [1.807, 2.05) is 50.2 Å². The SMILES string of the molecule is CC(C)(CNC(=O)c1ccccc1Br)CNC(=O)c1ccccc1Br. The molecule has 0 bridgehead atoms. The molecular formula is C19H20Br2N2O2. The van der Waals surface area contributed by atoms with Crippen LogP contribution >= 0.6 is 31.9 Å². The number of halogens is 2. The smallest absolute Gasteiger partial charge is 0.252 e. The molecule has 0 saturated heterocycles.